The summed E-state index contributed by atoms with van der Waals surface area (Å²) in [6, 6.07) is 11.5. The molecule has 0 unspecified atom stereocenters. The van der Waals surface area contributed by atoms with E-state index in [9.17, 15) is 8.78 Å². The van der Waals surface area contributed by atoms with Crippen molar-refractivity contribution in [3.05, 3.63) is 70.8 Å². The van der Waals surface area contributed by atoms with Gasteiger partial charge in [0.2, 0.25) is 0 Å². The molecule has 0 aliphatic rings. The predicted octanol–water partition coefficient (Wildman–Crippen LogP) is 3.76. The molecule has 2 N–H and O–H groups in total. The van der Waals surface area contributed by atoms with Crippen molar-refractivity contribution in [3.63, 3.8) is 0 Å². The number of guanidine groups is 1. The number of hydrogen-bond acceptors (Lipinski definition) is 2. The Kier molecular flexibility index (Phi) is 7.53. The van der Waals surface area contributed by atoms with Gasteiger partial charge in [-0.2, -0.15) is 0 Å². The average Bonchev–Trinajstić information content (AvgIpc) is 2.63. The maximum atomic E-state index is 13.6. The van der Waals surface area contributed by atoms with E-state index in [1.165, 1.54) is 6.07 Å². The van der Waals surface area contributed by atoms with Crippen LogP contribution >= 0.6 is 0 Å². The van der Waals surface area contributed by atoms with E-state index in [1.54, 1.807) is 7.05 Å². The van der Waals surface area contributed by atoms with Crippen LogP contribution in [-0.2, 0) is 24.4 Å². The molecule has 0 heterocycles. The zero-order valence-corrected chi connectivity index (χ0v) is 15.4. The van der Waals surface area contributed by atoms with Crippen molar-refractivity contribution in [3.8, 4) is 0 Å². The summed E-state index contributed by atoms with van der Waals surface area (Å²) in [6.45, 7) is 5.32. The summed E-state index contributed by atoms with van der Waals surface area (Å²) in [6.07, 6.45) is 0.202. The first kappa shape index (κ1) is 19.8. The second-order valence-corrected chi connectivity index (χ2v) is 6.19. The van der Waals surface area contributed by atoms with Crippen LogP contribution in [0.2, 0.25) is 0 Å². The Hall–Kier alpha value is -2.47. The van der Waals surface area contributed by atoms with Crippen LogP contribution in [-0.4, -0.2) is 19.1 Å². The van der Waals surface area contributed by atoms with Crippen molar-refractivity contribution in [1.29, 1.82) is 0 Å². The van der Waals surface area contributed by atoms with E-state index in [1.807, 2.05) is 38.1 Å². The van der Waals surface area contributed by atoms with E-state index in [-0.39, 0.29) is 18.2 Å². The first-order chi connectivity index (χ1) is 12.5. The van der Waals surface area contributed by atoms with Gasteiger partial charge >= 0.3 is 0 Å². The molecule has 0 spiro atoms. The second kappa shape index (κ2) is 9.87. The van der Waals surface area contributed by atoms with Crippen molar-refractivity contribution in [1.82, 2.24) is 10.6 Å². The van der Waals surface area contributed by atoms with Crippen molar-refractivity contribution in [2.75, 3.05) is 7.05 Å². The Morgan fingerprint density at radius 2 is 1.65 bits per heavy atom. The standard InChI is InChI=1S/C20H25F2N3O/c1-14(2)26-13-16-6-4-15(5-7-16)11-24-20(23-3)25-12-17-10-18(21)8-9-19(17)22/h4-10,14H,11-13H2,1-3H3,(H2,23,24,25). The molecule has 0 atom stereocenters. The van der Waals surface area contributed by atoms with Gasteiger partial charge in [-0.1, -0.05) is 24.3 Å². The smallest absolute Gasteiger partial charge is 0.191 e. The molecule has 0 saturated carbocycles. The molecule has 0 aliphatic carbocycles. The summed E-state index contributed by atoms with van der Waals surface area (Å²) in [4.78, 5) is 4.09. The predicted molar refractivity (Wildman–Crippen MR) is 99.8 cm³/mol. The lowest BCUT2D eigenvalue weighted by Gasteiger charge is -2.13. The van der Waals surface area contributed by atoms with Gasteiger partial charge in [-0.3, -0.25) is 4.99 Å². The Labute approximate surface area is 153 Å². The molecule has 0 amide bonds. The third kappa shape index (κ3) is 6.44. The van der Waals surface area contributed by atoms with E-state index in [0.29, 0.717) is 19.1 Å². The molecular weight excluding hydrogens is 336 g/mol. The lowest BCUT2D eigenvalue weighted by atomic mass is 10.1. The van der Waals surface area contributed by atoms with Crippen molar-refractivity contribution >= 4 is 5.96 Å². The van der Waals surface area contributed by atoms with Gasteiger partial charge in [0.1, 0.15) is 11.6 Å². The number of benzene rings is 2. The van der Waals surface area contributed by atoms with Gasteiger partial charge in [0.05, 0.1) is 12.7 Å². The van der Waals surface area contributed by atoms with Gasteiger partial charge in [0.25, 0.3) is 0 Å². The number of ether oxygens (including phenoxy) is 1. The van der Waals surface area contributed by atoms with Crippen LogP contribution in [0.25, 0.3) is 0 Å². The average molecular weight is 361 g/mol. The molecule has 6 heteroatoms. The Bertz CT molecular complexity index is 730. The highest BCUT2D eigenvalue weighted by Crippen LogP contribution is 2.09. The fraction of sp³-hybridized carbons (Fsp3) is 0.350. The largest absolute Gasteiger partial charge is 0.374 e. The highest BCUT2D eigenvalue weighted by atomic mass is 19.1. The number of aliphatic imine (C=N–C) groups is 1. The van der Waals surface area contributed by atoms with Gasteiger partial charge in [-0.05, 0) is 43.2 Å². The number of nitrogens with zero attached hydrogens (tertiary/aromatic N) is 1. The summed E-state index contributed by atoms with van der Waals surface area (Å²) >= 11 is 0. The minimum Gasteiger partial charge on any atom is -0.374 e. The molecule has 2 aromatic carbocycles. The third-order valence-electron chi connectivity index (χ3n) is 3.74. The highest BCUT2D eigenvalue weighted by Gasteiger charge is 2.05. The lowest BCUT2D eigenvalue weighted by Crippen LogP contribution is -2.36. The molecule has 0 radical (unpaired) electrons. The van der Waals surface area contributed by atoms with E-state index in [2.05, 4.69) is 15.6 Å². The van der Waals surface area contributed by atoms with E-state index >= 15 is 0 Å². The molecule has 26 heavy (non-hydrogen) atoms. The van der Waals surface area contributed by atoms with Crippen LogP contribution in [0.4, 0.5) is 8.78 Å². The molecule has 140 valence electrons. The summed E-state index contributed by atoms with van der Waals surface area (Å²) in [5.74, 6) is -0.401. The van der Waals surface area contributed by atoms with Crippen molar-refractivity contribution in [2.24, 2.45) is 4.99 Å². The Morgan fingerprint density at radius 1 is 1.00 bits per heavy atom. The molecular formula is C20H25F2N3O. The fourth-order valence-corrected chi connectivity index (χ4v) is 2.28. The molecule has 0 fully saturated rings. The van der Waals surface area contributed by atoms with Gasteiger partial charge in [0.15, 0.2) is 5.96 Å². The zero-order valence-electron chi connectivity index (χ0n) is 15.4. The van der Waals surface area contributed by atoms with Crippen LogP contribution in [0.15, 0.2) is 47.5 Å². The first-order valence-electron chi connectivity index (χ1n) is 8.56. The quantitative estimate of drug-likeness (QED) is 0.583. The summed E-state index contributed by atoms with van der Waals surface area (Å²) in [7, 11) is 1.63. The molecule has 4 nitrogen and oxygen atoms in total. The SMILES string of the molecule is CN=C(NCc1ccc(COC(C)C)cc1)NCc1cc(F)ccc1F. The minimum atomic E-state index is -0.465. The summed E-state index contributed by atoms with van der Waals surface area (Å²) in [5.41, 5.74) is 2.45. The maximum absolute atomic E-state index is 13.6. The van der Waals surface area contributed by atoms with Gasteiger partial charge < -0.3 is 15.4 Å². The second-order valence-electron chi connectivity index (χ2n) is 6.19. The zero-order chi connectivity index (χ0) is 18.9. The van der Waals surface area contributed by atoms with E-state index in [0.717, 1.165) is 23.3 Å². The molecule has 0 aliphatic heterocycles. The van der Waals surface area contributed by atoms with Gasteiger partial charge in [-0.25, -0.2) is 8.78 Å². The van der Waals surface area contributed by atoms with Crippen LogP contribution < -0.4 is 10.6 Å². The van der Waals surface area contributed by atoms with E-state index < -0.39 is 11.6 Å². The summed E-state index contributed by atoms with van der Waals surface area (Å²) < 4.78 is 32.4. The normalized spacial score (nSPS) is 11.7. The summed E-state index contributed by atoms with van der Waals surface area (Å²) in [5, 5.41) is 6.13. The van der Waals surface area contributed by atoms with Crippen LogP contribution in [0.1, 0.15) is 30.5 Å². The van der Waals surface area contributed by atoms with Crippen molar-refractivity contribution in [2.45, 2.75) is 39.6 Å². The van der Waals surface area contributed by atoms with Gasteiger partial charge in [0, 0.05) is 25.7 Å². The molecule has 0 saturated heterocycles. The minimum absolute atomic E-state index is 0.148. The number of hydrogen-bond donors (Lipinski definition) is 2. The Morgan fingerprint density at radius 3 is 2.31 bits per heavy atom. The van der Waals surface area contributed by atoms with E-state index in [4.69, 9.17) is 4.74 Å². The van der Waals surface area contributed by atoms with Gasteiger partial charge in [-0.15, -0.1) is 0 Å². The van der Waals surface area contributed by atoms with Crippen LogP contribution in [0.3, 0.4) is 0 Å². The topological polar surface area (TPSA) is 45.7 Å². The van der Waals surface area contributed by atoms with Crippen molar-refractivity contribution < 1.29 is 13.5 Å². The first-order valence-corrected chi connectivity index (χ1v) is 8.56. The number of rotatable bonds is 7. The molecule has 2 rings (SSSR count). The molecule has 0 aromatic heterocycles. The molecule has 0 bridgehead atoms. The Balaban J connectivity index is 1.84. The fourth-order valence-electron chi connectivity index (χ4n) is 2.28. The third-order valence-corrected chi connectivity index (χ3v) is 3.74. The molecule has 2 aromatic rings. The number of nitrogens with one attached hydrogen (secondary N) is 2. The lowest BCUT2D eigenvalue weighted by molar-refractivity contribution is 0.0657. The van der Waals surface area contributed by atoms with Crippen LogP contribution in [0.5, 0.6) is 0 Å². The highest BCUT2D eigenvalue weighted by molar-refractivity contribution is 5.79. The maximum Gasteiger partial charge on any atom is 0.191 e. The monoisotopic (exact) mass is 361 g/mol. The number of halogens is 2. The van der Waals surface area contributed by atoms with Crippen LogP contribution in [0, 0.1) is 11.6 Å².